The zero-order valence-corrected chi connectivity index (χ0v) is 11.1. The van der Waals surface area contributed by atoms with Crippen molar-refractivity contribution in [2.45, 2.75) is 38.5 Å². The molecule has 5 rings (SSSR count). The van der Waals surface area contributed by atoms with Gasteiger partial charge in [0.2, 0.25) is 0 Å². The van der Waals surface area contributed by atoms with Gasteiger partial charge in [0.05, 0.1) is 5.52 Å². The molecule has 0 aliphatic heterocycles. The Hall–Kier alpha value is -1.76. The third kappa shape index (κ3) is 1.16. The molecule has 0 saturated carbocycles. The van der Waals surface area contributed by atoms with E-state index >= 15 is 0 Å². The van der Waals surface area contributed by atoms with Gasteiger partial charge in [0.15, 0.2) is 0 Å². The summed E-state index contributed by atoms with van der Waals surface area (Å²) in [6.07, 6.45) is 7.86. The molecular weight excluding hydrogens is 230 g/mol. The molecular formula is C18H17N. The molecule has 1 N–H and O–H groups in total. The largest absolute Gasteiger partial charge is 0.354 e. The third-order valence-electron chi connectivity index (χ3n) is 5.11. The Balaban J connectivity index is 2.08. The number of hydrogen-bond acceptors (Lipinski definition) is 0. The van der Waals surface area contributed by atoms with Gasteiger partial charge in [-0.25, -0.2) is 0 Å². The highest BCUT2D eigenvalue weighted by Gasteiger charge is 2.26. The molecule has 1 aromatic heterocycles. The quantitative estimate of drug-likeness (QED) is 0.609. The molecule has 2 aromatic carbocycles. The minimum Gasteiger partial charge on any atom is -0.354 e. The maximum absolute atomic E-state index is 3.71. The number of fused-ring (bicyclic) bond motifs is 8. The molecule has 0 saturated heterocycles. The summed E-state index contributed by atoms with van der Waals surface area (Å²) in [5, 5.41) is 2.98. The monoisotopic (exact) mass is 247 g/mol. The minimum absolute atomic E-state index is 1.27. The van der Waals surface area contributed by atoms with Gasteiger partial charge < -0.3 is 4.98 Å². The predicted octanol–water partition coefficient (Wildman–Crippen LogP) is 4.30. The molecule has 19 heavy (non-hydrogen) atoms. The first-order valence-corrected chi connectivity index (χ1v) is 7.49. The normalized spacial score (nSPS) is 17.3. The van der Waals surface area contributed by atoms with E-state index in [2.05, 4.69) is 29.2 Å². The highest BCUT2D eigenvalue weighted by molar-refractivity contribution is 6.11. The van der Waals surface area contributed by atoms with Crippen LogP contribution in [-0.4, -0.2) is 4.98 Å². The fourth-order valence-corrected chi connectivity index (χ4v) is 4.39. The van der Waals surface area contributed by atoms with Crippen molar-refractivity contribution in [1.82, 2.24) is 4.98 Å². The zero-order chi connectivity index (χ0) is 12.4. The number of hydrogen-bond donors (Lipinski definition) is 1. The van der Waals surface area contributed by atoms with E-state index in [4.69, 9.17) is 0 Å². The number of benzene rings is 2. The fraction of sp³-hybridized carbons (Fsp3) is 0.333. The summed E-state index contributed by atoms with van der Waals surface area (Å²) in [6.45, 7) is 0. The molecule has 0 fully saturated rings. The number of aryl methyl sites for hydroxylation is 2. The highest BCUT2D eigenvalue weighted by atomic mass is 14.7. The molecule has 0 bridgehead atoms. The van der Waals surface area contributed by atoms with Crippen molar-refractivity contribution in [3.8, 4) is 0 Å². The first-order chi connectivity index (χ1) is 9.43. The first-order valence-electron chi connectivity index (χ1n) is 7.49. The molecule has 0 unspecified atom stereocenters. The Kier molecular flexibility index (Phi) is 1.81. The smallest absolute Gasteiger partial charge is 0.0503 e. The maximum atomic E-state index is 3.71. The van der Waals surface area contributed by atoms with E-state index in [1.54, 1.807) is 27.6 Å². The van der Waals surface area contributed by atoms with Crippen LogP contribution in [0.25, 0.3) is 21.8 Å². The van der Waals surface area contributed by atoms with Gasteiger partial charge in [-0.3, -0.25) is 0 Å². The minimum atomic E-state index is 1.27. The fourth-order valence-electron chi connectivity index (χ4n) is 4.39. The van der Waals surface area contributed by atoms with E-state index < -0.39 is 0 Å². The average molecular weight is 247 g/mol. The second kappa shape index (κ2) is 3.41. The van der Waals surface area contributed by atoms with Crippen LogP contribution < -0.4 is 0 Å². The van der Waals surface area contributed by atoms with Crippen molar-refractivity contribution in [2.24, 2.45) is 0 Å². The number of para-hydroxylation sites is 1. The lowest BCUT2D eigenvalue weighted by Crippen LogP contribution is -1.94. The molecule has 2 aliphatic rings. The summed E-state index contributed by atoms with van der Waals surface area (Å²) in [5.41, 5.74) is 9.47. The van der Waals surface area contributed by atoms with Crippen LogP contribution in [0.15, 0.2) is 24.3 Å². The number of aromatic amines is 1. The molecule has 1 heteroatoms. The van der Waals surface area contributed by atoms with E-state index in [1.165, 1.54) is 54.9 Å². The maximum Gasteiger partial charge on any atom is 0.0503 e. The van der Waals surface area contributed by atoms with E-state index in [9.17, 15) is 0 Å². The summed E-state index contributed by atoms with van der Waals surface area (Å²) in [5.74, 6) is 0. The molecule has 1 nitrogen and oxygen atoms in total. The Morgan fingerprint density at radius 1 is 0.737 bits per heavy atom. The second-order valence-corrected chi connectivity index (χ2v) is 6.04. The summed E-state index contributed by atoms with van der Waals surface area (Å²) in [4.78, 5) is 3.71. The van der Waals surface area contributed by atoms with Crippen LogP contribution in [-0.2, 0) is 25.7 Å². The van der Waals surface area contributed by atoms with Crippen LogP contribution in [0, 0.1) is 0 Å². The molecule has 1 heterocycles. The Morgan fingerprint density at radius 2 is 1.42 bits per heavy atom. The lowest BCUT2D eigenvalue weighted by Gasteiger charge is -2.10. The van der Waals surface area contributed by atoms with Gasteiger partial charge in [0, 0.05) is 16.3 Å². The zero-order valence-electron chi connectivity index (χ0n) is 11.1. The van der Waals surface area contributed by atoms with Crippen molar-refractivity contribution in [3.05, 3.63) is 46.5 Å². The van der Waals surface area contributed by atoms with Crippen LogP contribution in [0.1, 0.15) is 35.1 Å². The Bertz CT molecular complexity index is 823. The summed E-state index contributed by atoms with van der Waals surface area (Å²) in [6, 6.07) is 8.81. The number of H-pyrrole nitrogens is 1. The molecule has 0 spiro atoms. The number of nitrogens with one attached hydrogen (secondary N) is 1. The van der Waals surface area contributed by atoms with Gasteiger partial charge in [-0.1, -0.05) is 18.2 Å². The van der Waals surface area contributed by atoms with Crippen LogP contribution in [0.5, 0.6) is 0 Å². The molecule has 2 aliphatic carbocycles. The predicted molar refractivity (Wildman–Crippen MR) is 79.9 cm³/mol. The van der Waals surface area contributed by atoms with Crippen molar-refractivity contribution in [2.75, 3.05) is 0 Å². The molecule has 0 radical (unpaired) electrons. The van der Waals surface area contributed by atoms with Gasteiger partial charge in [-0.2, -0.15) is 0 Å². The van der Waals surface area contributed by atoms with Gasteiger partial charge in [-0.15, -0.1) is 0 Å². The van der Waals surface area contributed by atoms with E-state index in [1.807, 2.05) is 0 Å². The summed E-state index contributed by atoms with van der Waals surface area (Å²) < 4.78 is 0. The average Bonchev–Trinajstić information content (AvgIpc) is 3.14. The van der Waals surface area contributed by atoms with Crippen LogP contribution in [0.2, 0.25) is 0 Å². The first kappa shape index (κ1) is 10.1. The van der Waals surface area contributed by atoms with Gasteiger partial charge in [-0.05, 0) is 66.8 Å². The standard InChI is InChI=1S/C18H17N/c1-2-10-16-15(5-1)17-13-8-3-6-11(13)12-7-4-9-14(12)18(17)19-16/h1-2,5,10,19H,3-4,6-9H2. The van der Waals surface area contributed by atoms with E-state index in [0.29, 0.717) is 0 Å². The van der Waals surface area contributed by atoms with Crippen LogP contribution in [0.4, 0.5) is 0 Å². The van der Waals surface area contributed by atoms with Gasteiger partial charge in [0.25, 0.3) is 0 Å². The summed E-state index contributed by atoms with van der Waals surface area (Å²) >= 11 is 0. The summed E-state index contributed by atoms with van der Waals surface area (Å²) in [7, 11) is 0. The van der Waals surface area contributed by atoms with Crippen molar-refractivity contribution in [1.29, 1.82) is 0 Å². The Morgan fingerprint density at radius 3 is 2.32 bits per heavy atom. The molecule has 0 atom stereocenters. The molecule has 94 valence electrons. The lowest BCUT2D eigenvalue weighted by atomic mass is 9.94. The SMILES string of the molecule is c1ccc2c(c1)[nH]c1c3c(c4c(c12)CCC4)CCC3. The van der Waals surface area contributed by atoms with Crippen LogP contribution >= 0.6 is 0 Å². The van der Waals surface area contributed by atoms with Crippen molar-refractivity contribution >= 4 is 21.8 Å². The highest BCUT2D eigenvalue weighted by Crippen LogP contribution is 2.42. The van der Waals surface area contributed by atoms with E-state index in [-0.39, 0.29) is 0 Å². The molecule has 3 aromatic rings. The lowest BCUT2D eigenvalue weighted by molar-refractivity contribution is 0.889. The van der Waals surface area contributed by atoms with Gasteiger partial charge >= 0.3 is 0 Å². The van der Waals surface area contributed by atoms with Crippen molar-refractivity contribution in [3.63, 3.8) is 0 Å². The molecule has 0 amide bonds. The van der Waals surface area contributed by atoms with Gasteiger partial charge in [0.1, 0.15) is 0 Å². The van der Waals surface area contributed by atoms with Crippen LogP contribution in [0.3, 0.4) is 0 Å². The van der Waals surface area contributed by atoms with E-state index in [0.717, 1.165) is 0 Å². The second-order valence-electron chi connectivity index (χ2n) is 6.04. The number of rotatable bonds is 0. The number of aromatic nitrogens is 1. The topological polar surface area (TPSA) is 15.8 Å². The van der Waals surface area contributed by atoms with Crippen molar-refractivity contribution < 1.29 is 0 Å². The Labute approximate surface area is 112 Å². The third-order valence-corrected chi connectivity index (χ3v) is 5.11.